The molecular formula is C12H18O3S. The molecule has 0 N–H and O–H groups in total. The van der Waals surface area contributed by atoms with E-state index >= 15 is 0 Å². The normalized spacial score (nSPS) is 41.6. The van der Waals surface area contributed by atoms with Crippen molar-refractivity contribution < 1.29 is 13.2 Å². The predicted molar refractivity (Wildman–Crippen MR) is 60.8 cm³/mol. The molecule has 2 heterocycles. The maximum Gasteiger partial charge on any atom is 0.156 e. The molecule has 2 saturated heterocycles. The van der Waals surface area contributed by atoms with Crippen LogP contribution in [-0.2, 0) is 14.6 Å². The Labute approximate surface area is 96.5 Å². The summed E-state index contributed by atoms with van der Waals surface area (Å²) < 4.78 is 24.1. The van der Waals surface area contributed by atoms with E-state index in [0.29, 0.717) is 18.6 Å². The van der Waals surface area contributed by atoms with Gasteiger partial charge in [-0.1, -0.05) is 6.42 Å². The second-order valence-corrected chi connectivity index (χ2v) is 8.12. The number of sulfone groups is 1. The summed E-state index contributed by atoms with van der Waals surface area (Å²) in [6.07, 6.45) is 5.91. The third kappa shape index (κ3) is 1.62. The number of hydrogen-bond donors (Lipinski definition) is 0. The maximum atomic E-state index is 12.0. The molecule has 16 heavy (non-hydrogen) atoms. The fourth-order valence-electron chi connectivity index (χ4n) is 3.34. The molecule has 2 bridgehead atoms. The van der Waals surface area contributed by atoms with E-state index in [1.165, 1.54) is 0 Å². The summed E-state index contributed by atoms with van der Waals surface area (Å²) in [4.78, 5) is 12.0. The number of carbonyl (C=O) groups is 1. The van der Waals surface area contributed by atoms with E-state index in [9.17, 15) is 13.2 Å². The molecule has 2 aliphatic heterocycles. The first-order chi connectivity index (χ1) is 7.59. The number of rotatable bonds is 2. The molecule has 3 aliphatic rings. The zero-order valence-corrected chi connectivity index (χ0v) is 10.2. The van der Waals surface area contributed by atoms with Gasteiger partial charge in [-0.3, -0.25) is 4.79 Å². The summed E-state index contributed by atoms with van der Waals surface area (Å²) in [7, 11) is -2.89. The second kappa shape index (κ2) is 3.56. The Morgan fingerprint density at radius 1 is 0.875 bits per heavy atom. The van der Waals surface area contributed by atoms with Gasteiger partial charge in [0.15, 0.2) is 9.84 Å². The molecule has 4 heteroatoms. The Kier molecular flexibility index (Phi) is 2.39. The van der Waals surface area contributed by atoms with Crippen molar-refractivity contribution >= 4 is 15.6 Å². The number of carbonyl (C=O) groups excluding carboxylic acids is 1. The third-order valence-corrected chi connectivity index (χ3v) is 7.17. The van der Waals surface area contributed by atoms with Crippen molar-refractivity contribution in [3.8, 4) is 0 Å². The van der Waals surface area contributed by atoms with E-state index < -0.39 is 9.84 Å². The lowest BCUT2D eigenvalue weighted by molar-refractivity contribution is -0.124. The number of fused-ring (bicyclic) bond motifs is 2. The van der Waals surface area contributed by atoms with Gasteiger partial charge in [-0.2, -0.15) is 0 Å². The molecule has 1 aliphatic carbocycles. The second-order valence-electron chi connectivity index (χ2n) is 5.61. The molecule has 0 aromatic rings. The van der Waals surface area contributed by atoms with Gasteiger partial charge in [0.2, 0.25) is 0 Å². The standard InChI is InChI=1S/C12H18O3S/c13-12(8-4-5-8)9-6-10-2-1-3-11(7-9)16(10,14)15/h8-11H,1-7H2. The summed E-state index contributed by atoms with van der Waals surface area (Å²) >= 11 is 0. The largest absolute Gasteiger partial charge is 0.299 e. The van der Waals surface area contributed by atoms with Gasteiger partial charge in [0, 0.05) is 11.8 Å². The Bertz CT molecular complexity index is 388. The van der Waals surface area contributed by atoms with Crippen LogP contribution in [0.3, 0.4) is 0 Å². The van der Waals surface area contributed by atoms with Crippen molar-refractivity contribution in [2.24, 2.45) is 11.8 Å². The highest BCUT2D eigenvalue weighted by Crippen LogP contribution is 2.43. The number of Topliss-reactive ketones (excluding diaryl/α,β-unsaturated/α-hetero) is 1. The lowest BCUT2D eigenvalue weighted by atomic mass is 9.85. The van der Waals surface area contributed by atoms with E-state index in [1.807, 2.05) is 0 Å². The molecule has 0 amide bonds. The molecule has 0 aromatic carbocycles. The van der Waals surface area contributed by atoms with Crippen LogP contribution in [0, 0.1) is 11.8 Å². The molecule has 0 spiro atoms. The van der Waals surface area contributed by atoms with Crippen molar-refractivity contribution in [3.63, 3.8) is 0 Å². The van der Waals surface area contributed by atoms with Crippen molar-refractivity contribution in [2.75, 3.05) is 0 Å². The van der Waals surface area contributed by atoms with Crippen LogP contribution in [0.2, 0.25) is 0 Å². The Morgan fingerprint density at radius 3 is 1.94 bits per heavy atom. The lowest BCUT2D eigenvalue weighted by Crippen LogP contribution is -2.45. The number of ketones is 1. The first kappa shape index (κ1) is 10.8. The SMILES string of the molecule is O=C(C1CC1)C1CC2CCCC(C1)S2(=O)=O. The molecule has 2 atom stereocenters. The van der Waals surface area contributed by atoms with Gasteiger partial charge in [0.25, 0.3) is 0 Å². The van der Waals surface area contributed by atoms with Crippen LogP contribution in [0.1, 0.15) is 44.9 Å². The van der Waals surface area contributed by atoms with Gasteiger partial charge >= 0.3 is 0 Å². The smallest absolute Gasteiger partial charge is 0.156 e. The highest BCUT2D eigenvalue weighted by atomic mass is 32.2. The summed E-state index contributed by atoms with van der Waals surface area (Å²) in [6.45, 7) is 0. The maximum absolute atomic E-state index is 12.0. The first-order valence-electron chi connectivity index (χ1n) is 6.35. The molecule has 1 saturated carbocycles. The highest BCUT2D eigenvalue weighted by molar-refractivity contribution is 7.92. The molecule has 3 rings (SSSR count). The van der Waals surface area contributed by atoms with Crippen LogP contribution in [0.4, 0.5) is 0 Å². The van der Waals surface area contributed by atoms with Gasteiger partial charge in [0.1, 0.15) is 5.78 Å². The van der Waals surface area contributed by atoms with Gasteiger partial charge in [0.05, 0.1) is 10.5 Å². The summed E-state index contributed by atoms with van der Waals surface area (Å²) in [5, 5.41) is -0.402. The van der Waals surface area contributed by atoms with Crippen molar-refractivity contribution in [1.29, 1.82) is 0 Å². The zero-order valence-electron chi connectivity index (χ0n) is 9.39. The fourth-order valence-corrected chi connectivity index (χ4v) is 5.88. The molecule has 0 aromatic heterocycles. The number of hydrogen-bond acceptors (Lipinski definition) is 3. The highest BCUT2D eigenvalue weighted by Gasteiger charge is 2.47. The van der Waals surface area contributed by atoms with Crippen LogP contribution in [0.15, 0.2) is 0 Å². The van der Waals surface area contributed by atoms with E-state index in [0.717, 1.165) is 32.1 Å². The lowest BCUT2D eigenvalue weighted by Gasteiger charge is -2.38. The average molecular weight is 242 g/mol. The minimum absolute atomic E-state index is 0.0614. The fraction of sp³-hybridized carbons (Fsp3) is 0.917. The van der Waals surface area contributed by atoms with E-state index in [2.05, 4.69) is 0 Å². The van der Waals surface area contributed by atoms with Crippen LogP contribution in [0.25, 0.3) is 0 Å². The Morgan fingerprint density at radius 2 is 1.44 bits per heavy atom. The summed E-state index contributed by atoms with van der Waals surface area (Å²) in [5.74, 6) is 0.713. The van der Waals surface area contributed by atoms with Gasteiger partial charge < -0.3 is 0 Å². The molecule has 3 nitrogen and oxygen atoms in total. The summed E-state index contributed by atoms with van der Waals surface area (Å²) in [5.41, 5.74) is 0. The molecule has 90 valence electrons. The molecule has 3 fully saturated rings. The average Bonchev–Trinajstić information content (AvgIpc) is 2.97. The van der Waals surface area contributed by atoms with E-state index in [1.54, 1.807) is 0 Å². The molecule has 2 unspecified atom stereocenters. The van der Waals surface area contributed by atoms with E-state index in [4.69, 9.17) is 0 Å². The quantitative estimate of drug-likeness (QED) is 0.740. The monoisotopic (exact) mass is 242 g/mol. The van der Waals surface area contributed by atoms with E-state index in [-0.39, 0.29) is 22.3 Å². The Hall–Kier alpha value is -0.380. The van der Waals surface area contributed by atoms with Gasteiger partial charge in [-0.15, -0.1) is 0 Å². The van der Waals surface area contributed by atoms with Crippen LogP contribution >= 0.6 is 0 Å². The topological polar surface area (TPSA) is 51.2 Å². The van der Waals surface area contributed by atoms with Crippen molar-refractivity contribution in [2.45, 2.75) is 55.4 Å². The molecule has 0 radical (unpaired) electrons. The van der Waals surface area contributed by atoms with Crippen LogP contribution < -0.4 is 0 Å². The zero-order chi connectivity index (χ0) is 11.3. The first-order valence-corrected chi connectivity index (χ1v) is 7.96. The third-order valence-electron chi connectivity index (χ3n) is 4.46. The van der Waals surface area contributed by atoms with Crippen molar-refractivity contribution in [3.05, 3.63) is 0 Å². The Balaban J connectivity index is 1.80. The van der Waals surface area contributed by atoms with Gasteiger partial charge in [-0.25, -0.2) is 8.42 Å². The summed E-state index contributed by atoms with van der Waals surface area (Å²) in [6, 6.07) is 0. The van der Waals surface area contributed by atoms with Crippen LogP contribution in [0.5, 0.6) is 0 Å². The minimum atomic E-state index is -2.89. The molecular weight excluding hydrogens is 224 g/mol. The minimum Gasteiger partial charge on any atom is -0.299 e. The van der Waals surface area contributed by atoms with Crippen LogP contribution in [-0.4, -0.2) is 24.7 Å². The van der Waals surface area contributed by atoms with Gasteiger partial charge in [-0.05, 0) is 38.5 Å². The van der Waals surface area contributed by atoms with Crippen molar-refractivity contribution in [1.82, 2.24) is 0 Å². The predicted octanol–water partition coefficient (Wildman–Crippen LogP) is 1.71.